The van der Waals surface area contributed by atoms with E-state index in [-0.39, 0.29) is 0 Å². The molecule has 0 saturated heterocycles. The van der Waals surface area contributed by atoms with Crippen LogP contribution in [0.15, 0.2) is 24.3 Å². The van der Waals surface area contributed by atoms with Gasteiger partial charge < -0.3 is 5.11 Å². The molecule has 1 nitrogen and oxygen atoms in total. The fraction of sp³-hybridized carbons (Fsp3) is 0.714. The molecule has 1 heteroatoms. The molecule has 0 radical (unpaired) electrons. The van der Waals surface area contributed by atoms with E-state index in [0.29, 0.717) is 5.75 Å². The van der Waals surface area contributed by atoms with Crippen LogP contribution in [0.25, 0.3) is 0 Å². The van der Waals surface area contributed by atoms with E-state index in [0.717, 1.165) is 18.3 Å². The molecular formula is C21H34O. The first kappa shape index (κ1) is 17.4. The van der Waals surface area contributed by atoms with E-state index in [9.17, 15) is 5.11 Å². The second-order valence-corrected chi connectivity index (χ2v) is 7.29. The number of rotatable bonds is 9. The molecule has 0 bridgehead atoms. The van der Waals surface area contributed by atoms with Crippen molar-refractivity contribution in [1.29, 1.82) is 0 Å². The van der Waals surface area contributed by atoms with Gasteiger partial charge >= 0.3 is 0 Å². The Hall–Kier alpha value is -0.980. The maximum absolute atomic E-state index is 9.29. The molecule has 0 unspecified atom stereocenters. The van der Waals surface area contributed by atoms with E-state index in [1.54, 1.807) is 12.1 Å². The van der Waals surface area contributed by atoms with Crippen molar-refractivity contribution in [2.75, 3.05) is 0 Å². The molecule has 0 aliphatic heterocycles. The molecule has 0 spiro atoms. The zero-order chi connectivity index (χ0) is 15.6. The first-order chi connectivity index (χ1) is 10.8. The van der Waals surface area contributed by atoms with E-state index < -0.39 is 0 Å². The van der Waals surface area contributed by atoms with Crippen LogP contribution in [0.4, 0.5) is 0 Å². The molecule has 1 aliphatic carbocycles. The largest absolute Gasteiger partial charge is 0.508 e. The van der Waals surface area contributed by atoms with E-state index in [1.165, 1.54) is 76.2 Å². The van der Waals surface area contributed by atoms with Crippen LogP contribution in [-0.2, 0) is 6.42 Å². The Balaban J connectivity index is 1.52. The van der Waals surface area contributed by atoms with Crippen LogP contribution in [-0.4, -0.2) is 5.11 Å². The Morgan fingerprint density at radius 2 is 1.36 bits per heavy atom. The van der Waals surface area contributed by atoms with Crippen LogP contribution in [0, 0.1) is 11.8 Å². The molecular weight excluding hydrogens is 268 g/mol. The molecule has 22 heavy (non-hydrogen) atoms. The van der Waals surface area contributed by atoms with Gasteiger partial charge in [0.15, 0.2) is 0 Å². The van der Waals surface area contributed by atoms with Crippen LogP contribution in [0.1, 0.15) is 83.1 Å². The highest BCUT2D eigenvalue weighted by atomic mass is 16.3. The molecule has 1 aromatic carbocycles. The predicted molar refractivity (Wildman–Crippen MR) is 95.3 cm³/mol. The topological polar surface area (TPSA) is 20.2 Å². The van der Waals surface area contributed by atoms with E-state index in [1.807, 2.05) is 0 Å². The van der Waals surface area contributed by atoms with Gasteiger partial charge in [0.1, 0.15) is 5.75 Å². The summed E-state index contributed by atoms with van der Waals surface area (Å²) in [6.45, 7) is 2.30. The molecule has 0 heterocycles. The Kier molecular flexibility index (Phi) is 7.83. The van der Waals surface area contributed by atoms with Gasteiger partial charge in [-0.15, -0.1) is 0 Å². The molecule has 1 fully saturated rings. The average Bonchev–Trinajstić information content (AvgIpc) is 2.55. The van der Waals surface area contributed by atoms with Gasteiger partial charge in [0.2, 0.25) is 0 Å². The second-order valence-electron chi connectivity index (χ2n) is 7.29. The summed E-state index contributed by atoms with van der Waals surface area (Å²) in [7, 11) is 0. The van der Waals surface area contributed by atoms with Gasteiger partial charge in [-0.2, -0.15) is 0 Å². The van der Waals surface area contributed by atoms with Crippen molar-refractivity contribution in [1.82, 2.24) is 0 Å². The number of hydrogen-bond acceptors (Lipinski definition) is 1. The van der Waals surface area contributed by atoms with Crippen LogP contribution in [0.5, 0.6) is 5.75 Å². The van der Waals surface area contributed by atoms with Gasteiger partial charge in [-0.3, -0.25) is 0 Å². The smallest absolute Gasteiger partial charge is 0.115 e. The van der Waals surface area contributed by atoms with Gasteiger partial charge in [-0.1, -0.05) is 83.3 Å². The standard InChI is InChI=1S/C21H34O/c1-2-3-4-7-18-10-12-19(13-11-18)8-5-6-9-20-14-16-21(22)17-15-20/h14-19,22H,2-13H2,1H3/t18-,19-. The predicted octanol–water partition coefficient (Wildman–Crippen LogP) is 6.49. The number of unbranched alkanes of at least 4 members (excludes halogenated alkanes) is 3. The van der Waals surface area contributed by atoms with E-state index in [4.69, 9.17) is 0 Å². The molecule has 1 saturated carbocycles. The molecule has 0 aromatic heterocycles. The summed E-state index contributed by atoms with van der Waals surface area (Å²) in [5, 5.41) is 9.29. The third-order valence-electron chi connectivity index (χ3n) is 5.45. The summed E-state index contributed by atoms with van der Waals surface area (Å²) in [6.07, 6.45) is 16.9. The molecule has 1 aromatic rings. The maximum Gasteiger partial charge on any atom is 0.115 e. The first-order valence-electron chi connectivity index (χ1n) is 9.56. The molecule has 124 valence electrons. The van der Waals surface area contributed by atoms with Gasteiger partial charge in [0.05, 0.1) is 0 Å². The van der Waals surface area contributed by atoms with Crippen molar-refractivity contribution >= 4 is 0 Å². The number of aromatic hydroxyl groups is 1. The SMILES string of the molecule is CCCCC[C@H]1CC[C@H](CCCCc2ccc(O)cc2)CC1. The van der Waals surface area contributed by atoms with Gasteiger partial charge in [0, 0.05) is 0 Å². The zero-order valence-corrected chi connectivity index (χ0v) is 14.4. The van der Waals surface area contributed by atoms with Crippen molar-refractivity contribution in [3.63, 3.8) is 0 Å². The Morgan fingerprint density at radius 3 is 1.91 bits per heavy atom. The molecule has 0 amide bonds. The van der Waals surface area contributed by atoms with Crippen molar-refractivity contribution in [2.24, 2.45) is 11.8 Å². The highest BCUT2D eigenvalue weighted by molar-refractivity contribution is 5.25. The minimum atomic E-state index is 0.374. The Labute approximate surface area is 137 Å². The summed E-state index contributed by atoms with van der Waals surface area (Å²) in [4.78, 5) is 0. The number of benzene rings is 1. The van der Waals surface area contributed by atoms with Gasteiger partial charge in [0.25, 0.3) is 0 Å². The van der Waals surface area contributed by atoms with Crippen molar-refractivity contribution in [2.45, 2.75) is 84.0 Å². The fourth-order valence-corrected chi connectivity index (χ4v) is 3.92. The van der Waals surface area contributed by atoms with E-state index >= 15 is 0 Å². The third-order valence-corrected chi connectivity index (χ3v) is 5.45. The van der Waals surface area contributed by atoms with Crippen LogP contribution in [0.3, 0.4) is 0 Å². The van der Waals surface area contributed by atoms with Crippen LogP contribution in [0.2, 0.25) is 0 Å². The van der Waals surface area contributed by atoms with E-state index in [2.05, 4.69) is 19.1 Å². The second kappa shape index (κ2) is 9.92. The zero-order valence-electron chi connectivity index (χ0n) is 14.4. The number of phenolic OH excluding ortho intramolecular Hbond substituents is 1. The van der Waals surface area contributed by atoms with Crippen molar-refractivity contribution < 1.29 is 5.11 Å². The number of phenols is 1. The minimum absolute atomic E-state index is 0.374. The number of hydrogen-bond donors (Lipinski definition) is 1. The quantitative estimate of drug-likeness (QED) is 0.517. The van der Waals surface area contributed by atoms with Crippen LogP contribution < -0.4 is 0 Å². The third kappa shape index (κ3) is 6.42. The summed E-state index contributed by atoms with van der Waals surface area (Å²) >= 11 is 0. The molecule has 1 N–H and O–H groups in total. The van der Waals surface area contributed by atoms with Crippen LogP contribution >= 0.6 is 0 Å². The molecule has 1 aliphatic rings. The number of aryl methyl sites for hydroxylation is 1. The summed E-state index contributed by atoms with van der Waals surface area (Å²) in [5.41, 5.74) is 1.36. The summed E-state index contributed by atoms with van der Waals surface area (Å²) in [6, 6.07) is 7.71. The lowest BCUT2D eigenvalue weighted by Gasteiger charge is -2.28. The Morgan fingerprint density at radius 1 is 0.818 bits per heavy atom. The monoisotopic (exact) mass is 302 g/mol. The maximum atomic E-state index is 9.29. The minimum Gasteiger partial charge on any atom is -0.508 e. The van der Waals surface area contributed by atoms with Crippen molar-refractivity contribution in [3.8, 4) is 5.75 Å². The van der Waals surface area contributed by atoms with Gasteiger partial charge in [-0.25, -0.2) is 0 Å². The average molecular weight is 303 g/mol. The summed E-state index contributed by atoms with van der Waals surface area (Å²) in [5.74, 6) is 2.42. The van der Waals surface area contributed by atoms with Gasteiger partial charge in [-0.05, 0) is 42.4 Å². The summed E-state index contributed by atoms with van der Waals surface area (Å²) < 4.78 is 0. The highest BCUT2D eigenvalue weighted by Gasteiger charge is 2.20. The molecule has 2 rings (SSSR count). The fourth-order valence-electron chi connectivity index (χ4n) is 3.92. The lowest BCUT2D eigenvalue weighted by atomic mass is 9.78. The highest BCUT2D eigenvalue weighted by Crippen LogP contribution is 2.34. The first-order valence-corrected chi connectivity index (χ1v) is 9.56. The Bertz CT molecular complexity index is 387. The normalized spacial score (nSPS) is 21.9. The lowest BCUT2D eigenvalue weighted by molar-refractivity contribution is 0.245. The lowest BCUT2D eigenvalue weighted by Crippen LogP contribution is -2.14. The van der Waals surface area contributed by atoms with Crippen molar-refractivity contribution in [3.05, 3.63) is 29.8 Å². The molecule has 0 atom stereocenters.